The second kappa shape index (κ2) is 7.25. The first kappa shape index (κ1) is 14.8. The molecule has 108 valence electrons. The van der Waals surface area contributed by atoms with Crippen LogP contribution in [0.25, 0.3) is 0 Å². The number of benzene rings is 1. The Hall–Kier alpha value is -1.61. The van der Waals surface area contributed by atoms with Crippen molar-refractivity contribution in [1.82, 2.24) is 15.1 Å². The van der Waals surface area contributed by atoms with Crippen LogP contribution < -0.4 is 5.32 Å². The van der Waals surface area contributed by atoms with Gasteiger partial charge in [-0.15, -0.1) is 0 Å². The van der Waals surface area contributed by atoms with E-state index in [0.29, 0.717) is 12.0 Å². The van der Waals surface area contributed by atoms with Crippen LogP contribution in [0, 0.1) is 5.92 Å². The normalized spacial score (nSPS) is 12.8. The van der Waals surface area contributed by atoms with Crippen molar-refractivity contribution in [3.8, 4) is 0 Å². The number of rotatable bonds is 7. The second-order valence-electron chi connectivity index (χ2n) is 5.74. The molecule has 20 heavy (non-hydrogen) atoms. The zero-order chi connectivity index (χ0) is 14.4. The Labute approximate surface area is 122 Å². The number of hydrogen-bond acceptors (Lipinski definition) is 2. The van der Waals surface area contributed by atoms with E-state index in [1.54, 1.807) is 0 Å². The zero-order valence-electron chi connectivity index (χ0n) is 12.7. The number of nitrogens with one attached hydrogen (secondary N) is 1. The molecule has 0 fully saturated rings. The van der Waals surface area contributed by atoms with Crippen molar-refractivity contribution < 1.29 is 0 Å². The lowest BCUT2D eigenvalue weighted by molar-refractivity contribution is 0.430. The molecule has 0 saturated carbocycles. The van der Waals surface area contributed by atoms with Crippen molar-refractivity contribution in [3.63, 3.8) is 0 Å². The summed E-state index contributed by atoms with van der Waals surface area (Å²) in [7, 11) is 2.00. The standard InChI is InChI=1S/C17H25N3/c1-14(2)13-17(15-7-5-4-6-8-15)18-11-9-16-10-12-19-20(16)3/h4-8,10,12,14,17-18H,9,11,13H2,1-3H3. The van der Waals surface area contributed by atoms with Crippen molar-refractivity contribution in [2.24, 2.45) is 13.0 Å². The predicted octanol–water partition coefficient (Wildman–Crippen LogP) is 3.34. The van der Waals surface area contributed by atoms with Crippen LogP contribution in [0.3, 0.4) is 0 Å². The lowest BCUT2D eigenvalue weighted by Gasteiger charge is -2.21. The van der Waals surface area contributed by atoms with Crippen LogP contribution in [-0.4, -0.2) is 16.3 Å². The fraction of sp³-hybridized carbons (Fsp3) is 0.471. The summed E-state index contributed by atoms with van der Waals surface area (Å²) in [4.78, 5) is 0. The smallest absolute Gasteiger partial charge is 0.0492 e. The van der Waals surface area contributed by atoms with E-state index in [1.807, 2.05) is 17.9 Å². The van der Waals surface area contributed by atoms with E-state index in [2.05, 4.69) is 60.7 Å². The number of hydrogen-bond donors (Lipinski definition) is 1. The highest BCUT2D eigenvalue weighted by molar-refractivity contribution is 5.19. The molecule has 0 aliphatic heterocycles. The van der Waals surface area contributed by atoms with Crippen LogP contribution in [0.1, 0.15) is 37.6 Å². The first-order valence-electron chi connectivity index (χ1n) is 7.42. The van der Waals surface area contributed by atoms with Gasteiger partial charge in [-0.3, -0.25) is 4.68 Å². The fourth-order valence-electron chi connectivity index (χ4n) is 2.52. The molecule has 0 aliphatic rings. The quantitative estimate of drug-likeness (QED) is 0.837. The molecule has 0 aliphatic carbocycles. The van der Waals surface area contributed by atoms with E-state index in [1.165, 1.54) is 11.3 Å². The van der Waals surface area contributed by atoms with E-state index in [4.69, 9.17) is 0 Å². The average Bonchev–Trinajstić information content (AvgIpc) is 2.84. The van der Waals surface area contributed by atoms with Crippen molar-refractivity contribution in [3.05, 3.63) is 53.9 Å². The number of nitrogens with zero attached hydrogens (tertiary/aromatic N) is 2. The van der Waals surface area contributed by atoms with Crippen LogP contribution in [0.4, 0.5) is 0 Å². The second-order valence-corrected chi connectivity index (χ2v) is 5.74. The summed E-state index contributed by atoms with van der Waals surface area (Å²) in [6, 6.07) is 13.3. The van der Waals surface area contributed by atoms with Crippen LogP contribution in [0.15, 0.2) is 42.6 Å². The average molecular weight is 271 g/mol. The van der Waals surface area contributed by atoms with Gasteiger partial charge in [0.05, 0.1) is 0 Å². The molecule has 0 amide bonds. The first-order valence-corrected chi connectivity index (χ1v) is 7.42. The van der Waals surface area contributed by atoms with E-state index in [9.17, 15) is 0 Å². The summed E-state index contributed by atoms with van der Waals surface area (Å²) in [5.74, 6) is 0.685. The SMILES string of the molecule is CC(C)CC(NCCc1ccnn1C)c1ccccc1. The highest BCUT2D eigenvalue weighted by Crippen LogP contribution is 2.20. The van der Waals surface area contributed by atoms with E-state index in [-0.39, 0.29) is 0 Å². The zero-order valence-corrected chi connectivity index (χ0v) is 12.7. The molecule has 3 heteroatoms. The molecule has 1 heterocycles. The number of aromatic nitrogens is 2. The molecule has 2 aromatic rings. The van der Waals surface area contributed by atoms with Crippen molar-refractivity contribution in [1.29, 1.82) is 0 Å². The summed E-state index contributed by atoms with van der Waals surface area (Å²) < 4.78 is 1.95. The minimum atomic E-state index is 0.435. The van der Waals surface area contributed by atoms with Crippen LogP contribution in [0.5, 0.6) is 0 Å². The molecular formula is C17H25N3. The third-order valence-corrected chi connectivity index (χ3v) is 3.60. The summed E-state index contributed by atoms with van der Waals surface area (Å²) in [5.41, 5.74) is 2.65. The Kier molecular flexibility index (Phi) is 5.36. The van der Waals surface area contributed by atoms with Gasteiger partial charge in [-0.1, -0.05) is 44.2 Å². The van der Waals surface area contributed by atoms with Gasteiger partial charge in [0.1, 0.15) is 0 Å². The van der Waals surface area contributed by atoms with E-state index >= 15 is 0 Å². The van der Waals surface area contributed by atoms with Crippen LogP contribution in [0.2, 0.25) is 0 Å². The highest BCUT2D eigenvalue weighted by Gasteiger charge is 2.12. The monoisotopic (exact) mass is 271 g/mol. The predicted molar refractivity (Wildman–Crippen MR) is 83.6 cm³/mol. The van der Waals surface area contributed by atoms with Crippen LogP contribution in [-0.2, 0) is 13.5 Å². The minimum absolute atomic E-state index is 0.435. The maximum absolute atomic E-state index is 4.21. The Morgan fingerprint density at radius 2 is 1.90 bits per heavy atom. The summed E-state index contributed by atoms with van der Waals surface area (Å²) in [5, 5.41) is 7.90. The van der Waals surface area contributed by atoms with Crippen molar-refractivity contribution in [2.75, 3.05) is 6.54 Å². The molecule has 1 aromatic heterocycles. The molecule has 1 N–H and O–H groups in total. The molecular weight excluding hydrogens is 246 g/mol. The Bertz CT molecular complexity index is 502. The van der Waals surface area contributed by atoms with Gasteiger partial charge in [0.15, 0.2) is 0 Å². The molecule has 0 bridgehead atoms. The molecule has 3 nitrogen and oxygen atoms in total. The van der Waals surface area contributed by atoms with Gasteiger partial charge < -0.3 is 5.32 Å². The molecule has 2 rings (SSSR count). The third kappa shape index (κ3) is 4.20. The van der Waals surface area contributed by atoms with E-state index < -0.39 is 0 Å². The van der Waals surface area contributed by atoms with Crippen molar-refractivity contribution in [2.45, 2.75) is 32.7 Å². The maximum Gasteiger partial charge on any atom is 0.0492 e. The molecule has 0 saturated heterocycles. The van der Waals surface area contributed by atoms with Gasteiger partial charge in [-0.25, -0.2) is 0 Å². The minimum Gasteiger partial charge on any atom is -0.310 e. The van der Waals surface area contributed by atoms with Gasteiger partial charge in [0.2, 0.25) is 0 Å². The van der Waals surface area contributed by atoms with E-state index in [0.717, 1.165) is 19.4 Å². The first-order chi connectivity index (χ1) is 9.66. The van der Waals surface area contributed by atoms with Gasteiger partial charge >= 0.3 is 0 Å². The highest BCUT2D eigenvalue weighted by atomic mass is 15.3. The molecule has 1 atom stereocenters. The summed E-state index contributed by atoms with van der Waals surface area (Å²) >= 11 is 0. The molecule has 0 radical (unpaired) electrons. The van der Waals surface area contributed by atoms with Gasteiger partial charge in [-0.05, 0) is 24.0 Å². The Balaban J connectivity index is 1.93. The number of aryl methyl sites for hydroxylation is 1. The lowest BCUT2D eigenvalue weighted by Crippen LogP contribution is -2.25. The topological polar surface area (TPSA) is 29.9 Å². The maximum atomic E-state index is 4.21. The Morgan fingerprint density at radius 1 is 1.15 bits per heavy atom. The fourth-order valence-corrected chi connectivity index (χ4v) is 2.52. The Morgan fingerprint density at radius 3 is 2.50 bits per heavy atom. The molecule has 1 unspecified atom stereocenters. The van der Waals surface area contributed by atoms with Gasteiger partial charge in [0, 0.05) is 37.9 Å². The third-order valence-electron chi connectivity index (χ3n) is 3.60. The summed E-state index contributed by atoms with van der Waals surface area (Å²) in [6.07, 6.45) is 4.03. The lowest BCUT2D eigenvalue weighted by atomic mass is 9.97. The van der Waals surface area contributed by atoms with Gasteiger partial charge in [0.25, 0.3) is 0 Å². The molecule has 1 aromatic carbocycles. The molecule has 0 spiro atoms. The largest absolute Gasteiger partial charge is 0.310 e. The van der Waals surface area contributed by atoms with Gasteiger partial charge in [-0.2, -0.15) is 5.10 Å². The van der Waals surface area contributed by atoms with Crippen molar-refractivity contribution >= 4 is 0 Å². The van der Waals surface area contributed by atoms with Crippen LogP contribution >= 0.6 is 0 Å². The summed E-state index contributed by atoms with van der Waals surface area (Å²) in [6.45, 7) is 5.53.